The molecule has 1 fully saturated rings. The summed E-state index contributed by atoms with van der Waals surface area (Å²) in [6.07, 6.45) is 3.43. The third-order valence-corrected chi connectivity index (χ3v) is 4.27. The number of aromatic nitrogens is 4. The number of nitrogens with zero attached hydrogens (tertiary/aromatic N) is 5. The Morgan fingerprint density at radius 2 is 2.12 bits per heavy atom. The van der Waals surface area contributed by atoms with Crippen molar-refractivity contribution in [1.82, 2.24) is 24.8 Å². The van der Waals surface area contributed by atoms with Gasteiger partial charge in [-0.05, 0) is 6.07 Å². The molecule has 3 aromatic rings. The van der Waals surface area contributed by atoms with Crippen LogP contribution in [0.15, 0.2) is 53.3 Å². The van der Waals surface area contributed by atoms with Gasteiger partial charge in [0.15, 0.2) is 0 Å². The third-order valence-electron chi connectivity index (χ3n) is 4.27. The molecule has 0 aliphatic carbocycles. The lowest BCUT2D eigenvalue weighted by Crippen LogP contribution is -2.34. The summed E-state index contributed by atoms with van der Waals surface area (Å²) in [5.41, 5.74) is -1.06. The van der Waals surface area contributed by atoms with Crippen LogP contribution in [0.4, 0.5) is 4.39 Å². The van der Waals surface area contributed by atoms with E-state index in [1.54, 1.807) is 18.5 Å². The normalized spacial score (nSPS) is 20.1. The van der Waals surface area contributed by atoms with E-state index >= 15 is 4.39 Å². The van der Waals surface area contributed by atoms with E-state index in [2.05, 4.69) is 15.2 Å². The zero-order valence-corrected chi connectivity index (χ0v) is 13.4. The Kier molecular flexibility index (Phi) is 3.79. The number of rotatable bonds is 4. The van der Waals surface area contributed by atoms with Crippen LogP contribution in [0, 0.1) is 0 Å². The van der Waals surface area contributed by atoms with E-state index < -0.39 is 5.67 Å². The summed E-state index contributed by atoms with van der Waals surface area (Å²) < 4.78 is 21.9. The van der Waals surface area contributed by atoms with Crippen LogP contribution in [0.1, 0.15) is 12.3 Å². The molecule has 128 valence electrons. The Labute approximate surface area is 143 Å². The second-order valence-electron chi connectivity index (χ2n) is 6.02. The molecule has 1 atom stereocenters. The number of benzene rings is 1. The highest BCUT2D eigenvalue weighted by Crippen LogP contribution is 2.36. The first kappa shape index (κ1) is 15.5. The van der Waals surface area contributed by atoms with Gasteiger partial charge in [-0.25, -0.2) is 4.39 Å². The average molecular weight is 341 g/mol. The average Bonchev–Trinajstić information content (AvgIpc) is 3.36. The molecule has 0 radical (unpaired) electrons. The van der Waals surface area contributed by atoms with Crippen molar-refractivity contribution in [2.45, 2.75) is 18.6 Å². The smallest absolute Gasteiger partial charge is 0.266 e. The van der Waals surface area contributed by atoms with E-state index in [1.807, 2.05) is 30.3 Å². The summed E-state index contributed by atoms with van der Waals surface area (Å²) in [5.74, 6) is 0.0701. The molecule has 25 heavy (non-hydrogen) atoms. The SMILES string of the molecule is O=C(Cn1cccn1)N1CCC(F)(c2nc(-c3ccccc3)no2)C1. The zero-order valence-electron chi connectivity index (χ0n) is 13.4. The number of likely N-dealkylation sites (tertiary alicyclic amines) is 1. The number of hydrogen-bond donors (Lipinski definition) is 0. The molecule has 2 aromatic heterocycles. The molecule has 0 saturated carbocycles. The molecule has 1 aromatic carbocycles. The topological polar surface area (TPSA) is 77.1 Å². The van der Waals surface area contributed by atoms with Crippen LogP contribution in [0.5, 0.6) is 0 Å². The standard InChI is InChI=1S/C17H16FN5O2/c18-17(16-20-15(21-25-16)13-5-2-1-3-6-13)7-10-22(12-17)14(24)11-23-9-4-8-19-23/h1-6,8-9H,7,10-12H2. The van der Waals surface area contributed by atoms with Crippen LogP contribution in [0.25, 0.3) is 11.4 Å². The highest BCUT2D eigenvalue weighted by Gasteiger charge is 2.46. The predicted molar refractivity (Wildman–Crippen MR) is 85.9 cm³/mol. The van der Waals surface area contributed by atoms with Gasteiger partial charge < -0.3 is 9.42 Å². The number of hydrogen-bond acceptors (Lipinski definition) is 5. The van der Waals surface area contributed by atoms with Crippen molar-refractivity contribution in [3.05, 3.63) is 54.7 Å². The van der Waals surface area contributed by atoms with Gasteiger partial charge >= 0.3 is 0 Å². The van der Waals surface area contributed by atoms with Crippen LogP contribution >= 0.6 is 0 Å². The summed E-state index contributed by atoms with van der Waals surface area (Å²) in [6.45, 7) is 0.297. The van der Waals surface area contributed by atoms with Crippen molar-refractivity contribution < 1.29 is 13.7 Å². The molecule has 1 aliphatic heterocycles. The van der Waals surface area contributed by atoms with Gasteiger partial charge in [-0.15, -0.1) is 0 Å². The fourth-order valence-electron chi connectivity index (χ4n) is 2.90. The van der Waals surface area contributed by atoms with E-state index in [-0.39, 0.29) is 31.3 Å². The maximum absolute atomic E-state index is 15.3. The molecule has 1 saturated heterocycles. The van der Waals surface area contributed by atoms with Gasteiger partial charge in [-0.1, -0.05) is 35.5 Å². The number of alkyl halides is 1. The molecular weight excluding hydrogens is 325 g/mol. The van der Waals surface area contributed by atoms with E-state index in [9.17, 15) is 4.79 Å². The van der Waals surface area contributed by atoms with Crippen LogP contribution in [-0.2, 0) is 17.0 Å². The van der Waals surface area contributed by atoms with Gasteiger partial charge in [0.25, 0.3) is 5.89 Å². The first-order chi connectivity index (χ1) is 12.1. The summed E-state index contributed by atoms with van der Waals surface area (Å²) >= 11 is 0. The summed E-state index contributed by atoms with van der Waals surface area (Å²) in [4.78, 5) is 18.0. The van der Waals surface area contributed by atoms with Crippen LogP contribution < -0.4 is 0 Å². The van der Waals surface area contributed by atoms with Gasteiger partial charge in [-0.2, -0.15) is 10.1 Å². The minimum atomic E-state index is -1.82. The Bertz CT molecular complexity index is 864. The maximum Gasteiger partial charge on any atom is 0.266 e. The van der Waals surface area contributed by atoms with Crippen molar-refractivity contribution in [2.24, 2.45) is 0 Å². The first-order valence-electron chi connectivity index (χ1n) is 7.98. The molecule has 1 aliphatic rings. The molecule has 8 heteroatoms. The fourth-order valence-corrected chi connectivity index (χ4v) is 2.90. The lowest BCUT2D eigenvalue weighted by Gasteiger charge is -2.18. The highest BCUT2D eigenvalue weighted by atomic mass is 19.1. The van der Waals surface area contributed by atoms with Gasteiger partial charge in [-0.3, -0.25) is 9.48 Å². The molecule has 4 rings (SSSR count). The molecule has 3 heterocycles. The summed E-state index contributed by atoms with van der Waals surface area (Å²) in [6, 6.07) is 11.0. The molecule has 1 unspecified atom stereocenters. The molecule has 0 spiro atoms. The van der Waals surface area contributed by atoms with Crippen molar-refractivity contribution in [3.63, 3.8) is 0 Å². The lowest BCUT2D eigenvalue weighted by molar-refractivity contribution is -0.131. The quantitative estimate of drug-likeness (QED) is 0.726. The zero-order chi connectivity index (χ0) is 17.3. The van der Waals surface area contributed by atoms with Gasteiger partial charge in [0.05, 0.1) is 6.54 Å². The largest absolute Gasteiger partial charge is 0.337 e. The van der Waals surface area contributed by atoms with E-state index in [0.29, 0.717) is 12.4 Å². The molecule has 1 amide bonds. The molecule has 0 bridgehead atoms. The Balaban J connectivity index is 1.48. The summed E-state index contributed by atoms with van der Waals surface area (Å²) in [5, 5.41) is 7.86. The van der Waals surface area contributed by atoms with Crippen LogP contribution in [0.2, 0.25) is 0 Å². The van der Waals surface area contributed by atoms with E-state index in [4.69, 9.17) is 4.52 Å². The Morgan fingerprint density at radius 1 is 1.28 bits per heavy atom. The molecule has 7 nitrogen and oxygen atoms in total. The second-order valence-corrected chi connectivity index (χ2v) is 6.02. The van der Waals surface area contributed by atoms with Crippen molar-refractivity contribution in [3.8, 4) is 11.4 Å². The Hall–Kier alpha value is -3.03. The maximum atomic E-state index is 15.3. The van der Waals surface area contributed by atoms with Crippen LogP contribution in [-0.4, -0.2) is 43.8 Å². The first-order valence-corrected chi connectivity index (χ1v) is 7.98. The highest BCUT2D eigenvalue weighted by molar-refractivity contribution is 5.76. The lowest BCUT2D eigenvalue weighted by atomic mass is 10.1. The van der Waals surface area contributed by atoms with Crippen molar-refractivity contribution in [1.29, 1.82) is 0 Å². The number of carbonyl (C=O) groups excluding carboxylic acids is 1. The number of halogens is 1. The van der Waals surface area contributed by atoms with E-state index in [1.165, 1.54) is 9.58 Å². The number of carbonyl (C=O) groups is 1. The van der Waals surface area contributed by atoms with E-state index in [0.717, 1.165) is 5.56 Å². The Morgan fingerprint density at radius 3 is 2.88 bits per heavy atom. The number of amides is 1. The fraction of sp³-hybridized carbons (Fsp3) is 0.294. The second kappa shape index (κ2) is 6.12. The third kappa shape index (κ3) is 3.02. The monoisotopic (exact) mass is 341 g/mol. The van der Waals surface area contributed by atoms with Gasteiger partial charge in [0.2, 0.25) is 17.4 Å². The molecular formula is C17H16FN5O2. The minimum absolute atomic E-state index is 0.0826. The molecule has 0 N–H and O–H groups in total. The minimum Gasteiger partial charge on any atom is -0.337 e. The van der Waals surface area contributed by atoms with Gasteiger partial charge in [0.1, 0.15) is 6.54 Å². The van der Waals surface area contributed by atoms with Crippen LogP contribution in [0.3, 0.4) is 0 Å². The predicted octanol–water partition coefficient (Wildman–Crippen LogP) is 2.03. The van der Waals surface area contributed by atoms with Crippen molar-refractivity contribution in [2.75, 3.05) is 13.1 Å². The van der Waals surface area contributed by atoms with Gasteiger partial charge in [0, 0.05) is 30.9 Å². The summed E-state index contributed by atoms with van der Waals surface area (Å²) in [7, 11) is 0. The van der Waals surface area contributed by atoms with Crippen molar-refractivity contribution >= 4 is 5.91 Å².